The fraction of sp³-hybridized carbons (Fsp3) is 0.571. The van der Waals surface area contributed by atoms with E-state index in [1.54, 1.807) is 6.07 Å². The minimum Gasteiger partial charge on any atom is -0.395 e. The van der Waals surface area contributed by atoms with Crippen LogP contribution in [0.1, 0.15) is 18.4 Å². The van der Waals surface area contributed by atoms with Crippen LogP contribution in [-0.2, 0) is 10.2 Å². The first-order chi connectivity index (χ1) is 9.84. The zero-order valence-corrected chi connectivity index (χ0v) is 11.5. The van der Waals surface area contributed by atoms with Crippen LogP contribution < -0.4 is 5.73 Å². The molecule has 21 heavy (non-hydrogen) atoms. The number of benzene rings is 1. The monoisotopic (exact) mass is 309 g/mol. The van der Waals surface area contributed by atoms with Crippen LogP contribution in [0.3, 0.4) is 0 Å². The smallest absolute Gasteiger partial charge is 0.395 e. The van der Waals surface area contributed by atoms with Gasteiger partial charge in [0.2, 0.25) is 0 Å². The van der Waals surface area contributed by atoms with Crippen LogP contribution in [0.2, 0.25) is 0 Å². The summed E-state index contributed by atoms with van der Waals surface area (Å²) in [6.45, 7) is -1.84. The summed E-state index contributed by atoms with van der Waals surface area (Å²) in [6.07, 6.45) is -3.89. The summed E-state index contributed by atoms with van der Waals surface area (Å²) in [4.78, 5) is 0. The quantitative estimate of drug-likeness (QED) is 0.572. The van der Waals surface area contributed by atoms with Gasteiger partial charge in [-0.2, -0.15) is 13.2 Å². The van der Waals surface area contributed by atoms with E-state index in [0.717, 1.165) is 0 Å². The summed E-state index contributed by atoms with van der Waals surface area (Å²) < 4.78 is 54.1. The van der Waals surface area contributed by atoms with Gasteiger partial charge < -0.3 is 15.6 Å². The van der Waals surface area contributed by atoms with Gasteiger partial charge in [0.05, 0.1) is 6.61 Å². The molecule has 0 aliphatic heterocycles. The average Bonchev–Trinajstić information content (AvgIpc) is 2.43. The second-order valence-electron chi connectivity index (χ2n) is 4.89. The molecule has 0 spiro atoms. The first-order valence-electron chi connectivity index (χ1n) is 6.55. The zero-order chi connectivity index (χ0) is 15.9. The molecule has 0 aliphatic carbocycles. The molecule has 7 heteroatoms. The van der Waals surface area contributed by atoms with Crippen LogP contribution >= 0.6 is 0 Å². The predicted molar refractivity (Wildman–Crippen MR) is 70.3 cm³/mol. The zero-order valence-electron chi connectivity index (χ0n) is 11.5. The molecule has 0 saturated carbocycles. The van der Waals surface area contributed by atoms with Crippen molar-refractivity contribution in [2.24, 2.45) is 5.73 Å². The molecule has 0 heterocycles. The van der Waals surface area contributed by atoms with Crippen LogP contribution in [0, 0.1) is 5.82 Å². The van der Waals surface area contributed by atoms with Gasteiger partial charge in [0, 0.05) is 18.6 Å². The summed E-state index contributed by atoms with van der Waals surface area (Å²) in [5.74, 6) is -0.492. The molecule has 0 radical (unpaired) electrons. The third-order valence-corrected chi connectivity index (χ3v) is 3.35. The van der Waals surface area contributed by atoms with E-state index in [4.69, 9.17) is 5.73 Å². The Morgan fingerprint density at radius 2 is 1.86 bits per heavy atom. The molecule has 0 saturated heterocycles. The Labute approximate surface area is 120 Å². The van der Waals surface area contributed by atoms with Crippen molar-refractivity contribution < 1.29 is 27.4 Å². The van der Waals surface area contributed by atoms with Crippen LogP contribution in [0.5, 0.6) is 0 Å². The fourth-order valence-corrected chi connectivity index (χ4v) is 2.17. The van der Waals surface area contributed by atoms with Crippen molar-refractivity contribution in [2.45, 2.75) is 24.4 Å². The number of aliphatic hydroxyl groups excluding tert-OH is 1. The summed E-state index contributed by atoms with van der Waals surface area (Å²) in [6, 6.07) is 5.92. The number of nitrogens with two attached hydrogens (primary N) is 1. The molecule has 3 N–H and O–H groups in total. The summed E-state index contributed by atoms with van der Waals surface area (Å²) >= 11 is 0. The van der Waals surface area contributed by atoms with E-state index in [-0.39, 0.29) is 38.2 Å². The molecule has 1 aromatic rings. The number of hydrogen-bond donors (Lipinski definition) is 2. The number of alkyl halides is 3. The topological polar surface area (TPSA) is 55.5 Å². The molecule has 1 rings (SSSR count). The van der Waals surface area contributed by atoms with E-state index >= 15 is 0 Å². The molecule has 0 bridgehead atoms. The minimum atomic E-state index is -4.37. The van der Waals surface area contributed by atoms with Crippen molar-refractivity contribution >= 4 is 0 Å². The van der Waals surface area contributed by atoms with Gasteiger partial charge in [-0.15, -0.1) is 0 Å². The van der Waals surface area contributed by atoms with Gasteiger partial charge in [0.15, 0.2) is 0 Å². The highest BCUT2D eigenvalue weighted by molar-refractivity contribution is 5.28. The minimum absolute atomic E-state index is 0.0102. The van der Waals surface area contributed by atoms with Gasteiger partial charge in [-0.05, 0) is 24.5 Å². The Balaban J connectivity index is 2.64. The summed E-state index contributed by atoms with van der Waals surface area (Å²) in [5, 5.41) is 9.57. The Kier molecular flexibility index (Phi) is 6.57. The maximum absolute atomic E-state index is 13.8. The Hall–Kier alpha value is -1.18. The van der Waals surface area contributed by atoms with Crippen LogP contribution in [0.15, 0.2) is 24.3 Å². The van der Waals surface area contributed by atoms with Crippen molar-refractivity contribution in [3.63, 3.8) is 0 Å². The van der Waals surface area contributed by atoms with E-state index in [1.165, 1.54) is 18.2 Å². The number of hydrogen-bond acceptors (Lipinski definition) is 3. The fourth-order valence-electron chi connectivity index (χ4n) is 2.17. The number of aliphatic hydroxyl groups is 1. The largest absolute Gasteiger partial charge is 0.411 e. The molecule has 0 fully saturated rings. The average molecular weight is 309 g/mol. The normalized spacial score (nSPS) is 15.0. The van der Waals surface area contributed by atoms with Gasteiger partial charge in [-0.25, -0.2) is 4.39 Å². The Morgan fingerprint density at radius 3 is 2.38 bits per heavy atom. The first-order valence-corrected chi connectivity index (χ1v) is 6.55. The third-order valence-electron chi connectivity index (χ3n) is 3.35. The molecule has 120 valence electrons. The summed E-state index contributed by atoms with van der Waals surface area (Å²) in [7, 11) is 0. The molecule has 1 aromatic carbocycles. The van der Waals surface area contributed by atoms with E-state index in [0.29, 0.717) is 0 Å². The van der Waals surface area contributed by atoms with Crippen molar-refractivity contribution in [1.82, 2.24) is 0 Å². The molecular weight excluding hydrogens is 290 g/mol. The van der Waals surface area contributed by atoms with E-state index in [2.05, 4.69) is 4.74 Å². The lowest BCUT2D eigenvalue weighted by atomic mass is 9.77. The lowest BCUT2D eigenvalue weighted by Crippen LogP contribution is -2.40. The van der Waals surface area contributed by atoms with Gasteiger partial charge in [-0.3, -0.25) is 0 Å². The van der Waals surface area contributed by atoms with Crippen molar-refractivity contribution in [2.75, 3.05) is 26.4 Å². The molecule has 0 aromatic heterocycles. The maximum Gasteiger partial charge on any atom is 0.411 e. The second kappa shape index (κ2) is 7.72. The summed E-state index contributed by atoms with van der Waals surface area (Å²) in [5.41, 5.74) is 4.92. The van der Waals surface area contributed by atoms with Crippen LogP contribution in [0.25, 0.3) is 0 Å². The van der Waals surface area contributed by atoms with Crippen LogP contribution in [-0.4, -0.2) is 37.6 Å². The molecule has 0 aliphatic rings. The second-order valence-corrected chi connectivity index (χ2v) is 4.89. The van der Waals surface area contributed by atoms with Gasteiger partial charge in [-0.1, -0.05) is 18.2 Å². The number of rotatable bonds is 8. The van der Waals surface area contributed by atoms with Gasteiger partial charge >= 0.3 is 6.18 Å². The van der Waals surface area contributed by atoms with Crippen molar-refractivity contribution in [1.29, 1.82) is 0 Å². The first kappa shape index (κ1) is 17.9. The highest BCUT2D eigenvalue weighted by Gasteiger charge is 2.32. The van der Waals surface area contributed by atoms with E-state index in [1.807, 2.05) is 0 Å². The molecule has 0 amide bonds. The predicted octanol–water partition coefficient (Wildman–Crippen LogP) is 2.37. The molecule has 1 atom stereocenters. The number of halogens is 4. The van der Waals surface area contributed by atoms with Crippen molar-refractivity contribution in [3.8, 4) is 0 Å². The van der Waals surface area contributed by atoms with E-state index in [9.17, 15) is 22.7 Å². The highest BCUT2D eigenvalue weighted by atomic mass is 19.4. The lowest BCUT2D eigenvalue weighted by molar-refractivity contribution is -0.174. The Morgan fingerprint density at radius 1 is 1.19 bits per heavy atom. The molecular formula is C14H19F4NO2. The molecule has 3 nitrogen and oxygen atoms in total. The van der Waals surface area contributed by atoms with Gasteiger partial charge in [0.1, 0.15) is 12.4 Å². The number of ether oxygens (including phenoxy) is 1. The standard InChI is InChI=1S/C14H19F4NO2/c15-12-5-2-1-4-11(12)13(8-19,9-20)6-3-7-21-10-14(16,17)18/h1-2,4-5,20H,3,6-10,19H2. The highest BCUT2D eigenvalue weighted by Crippen LogP contribution is 2.30. The lowest BCUT2D eigenvalue weighted by Gasteiger charge is -2.31. The van der Waals surface area contributed by atoms with Crippen LogP contribution in [0.4, 0.5) is 17.6 Å². The Bertz CT molecular complexity index is 433. The third kappa shape index (κ3) is 5.26. The van der Waals surface area contributed by atoms with Gasteiger partial charge in [0.25, 0.3) is 0 Å². The SMILES string of the molecule is NCC(CO)(CCCOCC(F)(F)F)c1ccccc1F. The molecule has 1 unspecified atom stereocenters. The maximum atomic E-state index is 13.8. The van der Waals surface area contributed by atoms with E-state index < -0.39 is 24.0 Å². The van der Waals surface area contributed by atoms with Crippen molar-refractivity contribution in [3.05, 3.63) is 35.6 Å².